The van der Waals surface area contributed by atoms with Gasteiger partial charge in [-0.05, 0) is 51.6 Å². The summed E-state index contributed by atoms with van der Waals surface area (Å²) in [6.07, 6.45) is 2.58. The van der Waals surface area contributed by atoms with Gasteiger partial charge in [-0.15, -0.1) is 0 Å². The predicted octanol–water partition coefficient (Wildman–Crippen LogP) is -0.452. The fourth-order valence-corrected chi connectivity index (χ4v) is 4.11. The highest BCUT2D eigenvalue weighted by Gasteiger charge is 2.33. The first-order valence-corrected chi connectivity index (χ1v) is 11.2. The molecule has 2 aliphatic heterocycles. The van der Waals surface area contributed by atoms with Crippen LogP contribution in [0.25, 0.3) is 0 Å². The zero-order chi connectivity index (χ0) is 21.4. The van der Waals surface area contributed by atoms with Crippen molar-refractivity contribution in [1.29, 1.82) is 0 Å². The van der Waals surface area contributed by atoms with Crippen molar-refractivity contribution in [2.75, 3.05) is 39.3 Å². The molecule has 168 valence electrons. The number of rotatable bonds is 11. The Kier molecular flexibility index (Phi) is 9.33. The zero-order valence-electron chi connectivity index (χ0n) is 18.6. The van der Waals surface area contributed by atoms with Crippen molar-refractivity contribution in [3.63, 3.8) is 0 Å². The molecule has 7 N–H and O–H groups in total. The normalized spacial score (nSPS) is 28.3. The Hall–Kier alpha value is -1.22. The Morgan fingerprint density at radius 1 is 1.07 bits per heavy atom. The molecule has 0 bridgehead atoms. The second-order valence-electron chi connectivity index (χ2n) is 9.53. The lowest BCUT2D eigenvalue weighted by Crippen LogP contribution is -2.42. The summed E-state index contributed by atoms with van der Waals surface area (Å²) in [6, 6.07) is 0.654. The van der Waals surface area contributed by atoms with Crippen molar-refractivity contribution in [3.05, 3.63) is 0 Å². The van der Waals surface area contributed by atoms with Gasteiger partial charge in [0.25, 0.3) is 0 Å². The Bertz CT molecular complexity index is 536. The minimum absolute atomic E-state index is 0.0628. The first-order valence-electron chi connectivity index (χ1n) is 11.2. The standard InChI is InChI=1S/C21H42N6O2/c1-5-19(28)26-12-17-6-15(10-24-17)9-23-8-14(2)20(29)27-13-18-7-16(11-25-18)21(3,4)22/h14-18,23-25H,5-13,22H2,1-4H3,(H,26,28)(H,27,29)/t14?,15-,16?,17+,18+/m1/s1. The van der Waals surface area contributed by atoms with Crippen LogP contribution in [0.15, 0.2) is 0 Å². The maximum absolute atomic E-state index is 12.4. The van der Waals surface area contributed by atoms with Crippen molar-refractivity contribution in [2.24, 2.45) is 23.5 Å². The minimum atomic E-state index is -0.182. The Morgan fingerprint density at radius 3 is 2.38 bits per heavy atom. The van der Waals surface area contributed by atoms with Crippen LogP contribution in [0.4, 0.5) is 0 Å². The van der Waals surface area contributed by atoms with E-state index < -0.39 is 0 Å². The minimum Gasteiger partial charge on any atom is -0.355 e. The van der Waals surface area contributed by atoms with E-state index in [9.17, 15) is 9.59 Å². The first kappa shape index (κ1) is 24.1. The maximum atomic E-state index is 12.4. The molecule has 2 aliphatic rings. The van der Waals surface area contributed by atoms with E-state index in [1.807, 2.05) is 13.8 Å². The molecule has 2 rings (SSSR count). The topological polar surface area (TPSA) is 120 Å². The summed E-state index contributed by atoms with van der Waals surface area (Å²) in [5.41, 5.74) is 6.02. The summed E-state index contributed by atoms with van der Waals surface area (Å²) in [4.78, 5) is 23.7. The van der Waals surface area contributed by atoms with Crippen molar-refractivity contribution >= 4 is 11.8 Å². The smallest absolute Gasteiger partial charge is 0.224 e. The van der Waals surface area contributed by atoms with E-state index >= 15 is 0 Å². The molecule has 5 atom stereocenters. The lowest BCUT2D eigenvalue weighted by molar-refractivity contribution is -0.124. The van der Waals surface area contributed by atoms with Gasteiger partial charge in [-0.1, -0.05) is 13.8 Å². The van der Waals surface area contributed by atoms with Crippen LogP contribution in [-0.2, 0) is 9.59 Å². The molecule has 0 aliphatic carbocycles. The van der Waals surface area contributed by atoms with Gasteiger partial charge in [-0.25, -0.2) is 0 Å². The highest BCUT2D eigenvalue weighted by molar-refractivity contribution is 5.78. The molecule has 0 aromatic rings. The highest BCUT2D eigenvalue weighted by atomic mass is 16.2. The molecule has 8 heteroatoms. The quantitative estimate of drug-likeness (QED) is 0.274. The van der Waals surface area contributed by atoms with Gasteiger partial charge in [0, 0.05) is 56.1 Å². The molecule has 2 saturated heterocycles. The molecule has 8 nitrogen and oxygen atoms in total. The molecule has 2 amide bonds. The first-order chi connectivity index (χ1) is 13.7. The molecule has 2 fully saturated rings. The Balaban J connectivity index is 1.56. The van der Waals surface area contributed by atoms with Crippen LogP contribution in [0.3, 0.4) is 0 Å². The van der Waals surface area contributed by atoms with E-state index in [0.29, 0.717) is 50.0 Å². The fraction of sp³-hybridized carbons (Fsp3) is 0.905. The van der Waals surface area contributed by atoms with Crippen molar-refractivity contribution in [3.8, 4) is 0 Å². The largest absolute Gasteiger partial charge is 0.355 e. The van der Waals surface area contributed by atoms with Crippen LogP contribution in [0.5, 0.6) is 0 Å². The summed E-state index contributed by atoms with van der Waals surface area (Å²) in [7, 11) is 0. The van der Waals surface area contributed by atoms with Gasteiger partial charge in [-0.2, -0.15) is 0 Å². The van der Waals surface area contributed by atoms with Gasteiger partial charge in [-0.3, -0.25) is 9.59 Å². The van der Waals surface area contributed by atoms with Crippen LogP contribution in [0.2, 0.25) is 0 Å². The van der Waals surface area contributed by atoms with Gasteiger partial charge >= 0.3 is 0 Å². The van der Waals surface area contributed by atoms with Crippen LogP contribution in [0.1, 0.15) is 47.0 Å². The van der Waals surface area contributed by atoms with Gasteiger partial charge in [0.1, 0.15) is 0 Å². The molecule has 0 aromatic carbocycles. The lowest BCUT2D eigenvalue weighted by Gasteiger charge is -2.26. The van der Waals surface area contributed by atoms with Crippen molar-refractivity contribution < 1.29 is 9.59 Å². The summed E-state index contributed by atoms with van der Waals surface area (Å²) in [5.74, 6) is 1.12. The highest BCUT2D eigenvalue weighted by Crippen LogP contribution is 2.23. The van der Waals surface area contributed by atoms with Crippen molar-refractivity contribution in [2.45, 2.75) is 64.6 Å². The maximum Gasteiger partial charge on any atom is 0.224 e. The fourth-order valence-electron chi connectivity index (χ4n) is 4.11. The van der Waals surface area contributed by atoms with E-state index in [1.54, 1.807) is 0 Å². The molecular weight excluding hydrogens is 368 g/mol. The number of hydrogen-bond acceptors (Lipinski definition) is 6. The van der Waals surface area contributed by atoms with Gasteiger partial charge < -0.3 is 32.3 Å². The number of nitrogens with two attached hydrogens (primary N) is 1. The van der Waals surface area contributed by atoms with E-state index in [4.69, 9.17) is 5.73 Å². The van der Waals surface area contributed by atoms with Crippen molar-refractivity contribution in [1.82, 2.24) is 26.6 Å². The predicted molar refractivity (Wildman–Crippen MR) is 116 cm³/mol. The van der Waals surface area contributed by atoms with E-state index in [-0.39, 0.29) is 23.3 Å². The van der Waals surface area contributed by atoms with Gasteiger partial charge in [0.2, 0.25) is 11.8 Å². The third kappa shape index (κ3) is 8.20. The van der Waals surface area contributed by atoms with Crippen LogP contribution >= 0.6 is 0 Å². The molecular formula is C21H42N6O2. The third-order valence-corrected chi connectivity index (χ3v) is 6.31. The molecule has 2 heterocycles. The van der Waals surface area contributed by atoms with E-state index in [1.165, 1.54) is 0 Å². The molecule has 0 spiro atoms. The second kappa shape index (κ2) is 11.2. The lowest BCUT2D eigenvalue weighted by atomic mass is 9.86. The molecule has 0 aromatic heterocycles. The number of nitrogens with one attached hydrogen (secondary N) is 5. The molecule has 0 radical (unpaired) electrons. The third-order valence-electron chi connectivity index (χ3n) is 6.31. The summed E-state index contributed by atoms with van der Waals surface area (Å²) < 4.78 is 0. The SMILES string of the molecule is CCC(=O)NC[C@@H]1C[C@H](CNCC(C)C(=O)NC[C@@H]2CC(C(C)(C)N)CN2)CN1. The molecule has 0 saturated carbocycles. The average molecular weight is 411 g/mol. The summed E-state index contributed by atoms with van der Waals surface area (Å²) in [5, 5.41) is 16.4. The van der Waals surface area contributed by atoms with Crippen LogP contribution in [-0.4, -0.2) is 68.7 Å². The van der Waals surface area contributed by atoms with Crippen LogP contribution in [0, 0.1) is 17.8 Å². The monoisotopic (exact) mass is 410 g/mol. The number of carbonyl (C=O) groups excluding carboxylic acids is 2. The summed E-state index contributed by atoms with van der Waals surface area (Å²) in [6.45, 7) is 12.7. The van der Waals surface area contributed by atoms with Crippen LogP contribution < -0.4 is 32.3 Å². The average Bonchev–Trinajstić information content (AvgIpc) is 3.33. The Labute approximate surface area is 175 Å². The van der Waals surface area contributed by atoms with E-state index in [0.717, 1.165) is 32.5 Å². The second-order valence-corrected chi connectivity index (χ2v) is 9.53. The van der Waals surface area contributed by atoms with E-state index in [2.05, 4.69) is 40.4 Å². The van der Waals surface area contributed by atoms with Gasteiger partial charge in [0.05, 0.1) is 0 Å². The zero-order valence-corrected chi connectivity index (χ0v) is 18.6. The number of hydrogen-bond donors (Lipinski definition) is 6. The van der Waals surface area contributed by atoms with Gasteiger partial charge in [0.15, 0.2) is 0 Å². The summed E-state index contributed by atoms with van der Waals surface area (Å²) >= 11 is 0. The number of carbonyl (C=O) groups is 2. The Morgan fingerprint density at radius 2 is 1.72 bits per heavy atom. The molecule has 29 heavy (non-hydrogen) atoms. The molecule has 2 unspecified atom stereocenters. The number of amides is 2.